The second-order valence-electron chi connectivity index (χ2n) is 3.71. The van der Waals surface area contributed by atoms with Crippen molar-refractivity contribution in [3.63, 3.8) is 0 Å². The summed E-state index contributed by atoms with van der Waals surface area (Å²) in [5.74, 6) is 0. The van der Waals surface area contributed by atoms with Gasteiger partial charge < -0.3 is 4.90 Å². The molecule has 0 radical (unpaired) electrons. The molecule has 2 heteroatoms. The third kappa shape index (κ3) is 3.86. The number of allylic oxidation sites excluding steroid dienone is 1. The van der Waals surface area contributed by atoms with E-state index in [1.54, 1.807) is 11.8 Å². The second kappa shape index (κ2) is 4.61. The van der Waals surface area contributed by atoms with Gasteiger partial charge >= 0.3 is 0 Å². The van der Waals surface area contributed by atoms with Crippen molar-refractivity contribution in [3.05, 3.63) is 23.1 Å². The van der Waals surface area contributed by atoms with Crippen LogP contribution in [0.3, 0.4) is 0 Å². The van der Waals surface area contributed by atoms with Gasteiger partial charge in [0.25, 0.3) is 0 Å². The summed E-state index contributed by atoms with van der Waals surface area (Å²) in [5, 5.41) is 3.13. The number of hydrogen-bond donors (Lipinski definition) is 0. The smallest absolute Gasteiger partial charge is 0.0678 e. The highest BCUT2D eigenvalue weighted by molar-refractivity contribution is 8.05. The van der Waals surface area contributed by atoms with E-state index in [0.29, 0.717) is 0 Å². The van der Waals surface area contributed by atoms with Crippen LogP contribution in [0.25, 0.3) is 0 Å². The molecule has 0 aromatic heterocycles. The highest BCUT2D eigenvalue weighted by Crippen LogP contribution is 2.24. The maximum Gasteiger partial charge on any atom is 0.0678 e. The minimum atomic E-state index is 0.158. The fourth-order valence-corrected chi connectivity index (χ4v) is 1.32. The molecule has 0 amide bonds. The van der Waals surface area contributed by atoms with Crippen LogP contribution in [0, 0.1) is 0 Å². The molecule has 0 bridgehead atoms. The fourth-order valence-electron chi connectivity index (χ4n) is 0.600. The molecular formula is C10H19NS. The standard InChI is InChI=1S/C10H19NS/c1-7-8-12-9(2)11(6)10(3,4)5/h7-8H,2H2,1,3-6H3/b8-7-. The molecule has 0 N–H and O–H groups in total. The maximum atomic E-state index is 4.00. The Kier molecular flexibility index (Phi) is 4.46. The fraction of sp³-hybridized carbons (Fsp3) is 0.600. The van der Waals surface area contributed by atoms with E-state index in [2.05, 4.69) is 39.3 Å². The third-order valence-corrected chi connectivity index (χ3v) is 2.67. The Labute approximate surface area is 80.5 Å². The monoisotopic (exact) mass is 185 g/mol. The lowest BCUT2D eigenvalue weighted by molar-refractivity contribution is 0.244. The molecule has 0 rings (SSSR count). The largest absolute Gasteiger partial charge is 0.365 e. The quantitative estimate of drug-likeness (QED) is 0.662. The lowest BCUT2D eigenvalue weighted by Gasteiger charge is -2.34. The topological polar surface area (TPSA) is 3.24 Å². The minimum Gasteiger partial charge on any atom is -0.365 e. The van der Waals surface area contributed by atoms with Crippen LogP contribution in [0.4, 0.5) is 0 Å². The van der Waals surface area contributed by atoms with Crippen LogP contribution in [0.5, 0.6) is 0 Å². The van der Waals surface area contributed by atoms with Gasteiger partial charge in [-0.25, -0.2) is 0 Å². The Hall–Kier alpha value is -0.370. The molecule has 0 spiro atoms. The van der Waals surface area contributed by atoms with Gasteiger partial charge in [-0.15, -0.1) is 0 Å². The lowest BCUT2D eigenvalue weighted by Crippen LogP contribution is -2.35. The highest BCUT2D eigenvalue weighted by Gasteiger charge is 2.17. The summed E-state index contributed by atoms with van der Waals surface area (Å²) in [7, 11) is 2.07. The predicted molar refractivity (Wildman–Crippen MR) is 59.1 cm³/mol. The Morgan fingerprint density at radius 3 is 2.25 bits per heavy atom. The first-order valence-corrected chi connectivity index (χ1v) is 4.98. The maximum absolute atomic E-state index is 4.00. The van der Waals surface area contributed by atoms with Crippen molar-refractivity contribution < 1.29 is 0 Å². The average molecular weight is 185 g/mol. The molecule has 70 valence electrons. The summed E-state index contributed by atoms with van der Waals surface area (Å²) in [6.07, 6.45) is 2.02. The lowest BCUT2D eigenvalue weighted by atomic mass is 10.1. The summed E-state index contributed by atoms with van der Waals surface area (Å²) in [6, 6.07) is 0. The predicted octanol–water partition coefficient (Wildman–Crippen LogP) is 3.45. The van der Waals surface area contributed by atoms with Crippen molar-refractivity contribution >= 4 is 11.8 Å². The minimum absolute atomic E-state index is 0.158. The van der Waals surface area contributed by atoms with Gasteiger partial charge in [-0.1, -0.05) is 24.4 Å². The second-order valence-corrected chi connectivity index (χ2v) is 4.69. The molecule has 0 fully saturated rings. The Morgan fingerprint density at radius 1 is 1.42 bits per heavy atom. The molecule has 1 nitrogen and oxygen atoms in total. The van der Waals surface area contributed by atoms with Gasteiger partial charge in [0.15, 0.2) is 0 Å². The van der Waals surface area contributed by atoms with Gasteiger partial charge in [0.1, 0.15) is 0 Å². The number of hydrogen-bond acceptors (Lipinski definition) is 2. The zero-order chi connectivity index (χ0) is 9.78. The number of rotatable bonds is 3. The SMILES string of the molecule is C=C(S/C=C\C)N(C)C(C)(C)C. The molecule has 0 aliphatic carbocycles. The molecule has 0 saturated carbocycles. The molecule has 0 atom stereocenters. The molecule has 0 aromatic rings. The Bertz CT molecular complexity index is 177. The van der Waals surface area contributed by atoms with Crippen LogP contribution in [-0.4, -0.2) is 17.5 Å². The zero-order valence-electron chi connectivity index (χ0n) is 8.72. The normalized spacial score (nSPS) is 12.1. The van der Waals surface area contributed by atoms with E-state index in [-0.39, 0.29) is 5.54 Å². The van der Waals surface area contributed by atoms with Gasteiger partial charge in [0.2, 0.25) is 0 Å². The van der Waals surface area contributed by atoms with Crippen molar-refractivity contribution in [2.75, 3.05) is 7.05 Å². The van der Waals surface area contributed by atoms with Crippen molar-refractivity contribution in [2.24, 2.45) is 0 Å². The molecular weight excluding hydrogens is 166 g/mol. The highest BCUT2D eigenvalue weighted by atomic mass is 32.2. The van der Waals surface area contributed by atoms with E-state index in [1.165, 1.54) is 0 Å². The van der Waals surface area contributed by atoms with Crippen molar-refractivity contribution in [2.45, 2.75) is 33.2 Å². The van der Waals surface area contributed by atoms with Gasteiger partial charge in [-0.2, -0.15) is 0 Å². The Balaban J connectivity index is 4.11. The van der Waals surface area contributed by atoms with E-state index >= 15 is 0 Å². The first-order valence-electron chi connectivity index (χ1n) is 4.10. The summed E-state index contributed by atoms with van der Waals surface area (Å²) in [6.45, 7) is 12.5. The van der Waals surface area contributed by atoms with Crippen molar-refractivity contribution in [3.8, 4) is 0 Å². The van der Waals surface area contributed by atoms with Crippen LogP contribution < -0.4 is 0 Å². The summed E-state index contributed by atoms with van der Waals surface area (Å²) in [5.41, 5.74) is 0.158. The molecule has 0 aliphatic rings. The van der Waals surface area contributed by atoms with Gasteiger partial charge in [0.05, 0.1) is 5.03 Å². The van der Waals surface area contributed by atoms with Crippen LogP contribution in [0.15, 0.2) is 23.1 Å². The van der Waals surface area contributed by atoms with Gasteiger partial charge in [-0.3, -0.25) is 0 Å². The van der Waals surface area contributed by atoms with Gasteiger partial charge in [0, 0.05) is 12.6 Å². The van der Waals surface area contributed by atoms with Crippen LogP contribution in [-0.2, 0) is 0 Å². The van der Waals surface area contributed by atoms with E-state index in [1.807, 2.05) is 18.4 Å². The summed E-state index contributed by atoms with van der Waals surface area (Å²) in [4.78, 5) is 2.18. The first-order chi connectivity index (χ1) is 5.39. The number of thioether (sulfide) groups is 1. The molecule has 0 unspecified atom stereocenters. The van der Waals surface area contributed by atoms with Gasteiger partial charge in [-0.05, 0) is 33.1 Å². The van der Waals surface area contributed by atoms with E-state index in [9.17, 15) is 0 Å². The third-order valence-electron chi connectivity index (χ3n) is 1.72. The molecule has 0 aliphatic heterocycles. The summed E-state index contributed by atoms with van der Waals surface area (Å²) < 4.78 is 0. The van der Waals surface area contributed by atoms with E-state index in [0.717, 1.165) is 5.03 Å². The van der Waals surface area contributed by atoms with Crippen molar-refractivity contribution in [1.29, 1.82) is 0 Å². The van der Waals surface area contributed by atoms with Crippen LogP contribution in [0.2, 0.25) is 0 Å². The first kappa shape index (κ1) is 11.6. The van der Waals surface area contributed by atoms with Crippen LogP contribution in [0.1, 0.15) is 27.7 Å². The molecule has 0 aromatic carbocycles. The molecule has 12 heavy (non-hydrogen) atoms. The molecule has 0 heterocycles. The molecule has 0 saturated heterocycles. The average Bonchev–Trinajstić information content (AvgIpc) is 1.97. The summed E-state index contributed by atoms with van der Waals surface area (Å²) >= 11 is 1.66. The van der Waals surface area contributed by atoms with E-state index in [4.69, 9.17) is 0 Å². The van der Waals surface area contributed by atoms with Crippen molar-refractivity contribution in [1.82, 2.24) is 4.90 Å². The zero-order valence-corrected chi connectivity index (χ0v) is 9.53. The number of nitrogens with zero attached hydrogens (tertiary/aromatic N) is 1. The van der Waals surface area contributed by atoms with E-state index < -0.39 is 0 Å². The Morgan fingerprint density at radius 2 is 1.92 bits per heavy atom. The van der Waals surface area contributed by atoms with Crippen LogP contribution >= 0.6 is 11.8 Å².